The molecule has 2 N–H and O–H groups in total. The van der Waals surface area contributed by atoms with Gasteiger partial charge < -0.3 is 24.2 Å². The molecule has 2 bridgehead atoms. The lowest BCUT2D eigenvalue weighted by atomic mass is 9.94. The molecule has 0 amide bonds. The maximum atomic E-state index is 11.0. The molecule has 0 saturated carbocycles. The van der Waals surface area contributed by atoms with E-state index in [0.29, 0.717) is 22.3 Å². The zero-order valence-electron chi connectivity index (χ0n) is 20.8. The first kappa shape index (κ1) is 26.3. The Balaban J connectivity index is 0.000000410. The molecule has 3 aromatic carbocycles. The molecule has 3 aromatic rings. The Kier molecular flexibility index (Phi) is 9.29. The minimum absolute atomic E-state index is 0.102. The Hall–Kier alpha value is -3.35. The van der Waals surface area contributed by atoms with Crippen LogP contribution in [0.2, 0.25) is 0 Å². The molecule has 1 unspecified atom stereocenters. The third kappa shape index (κ3) is 8.74. The first-order chi connectivity index (χ1) is 16.7. The number of benzene rings is 3. The van der Waals surface area contributed by atoms with Gasteiger partial charge in [0.05, 0.1) is 34.2 Å². The highest BCUT2D eigenvalue weighted by molar-refractivity contribution is 5.71. The molecule has 186 valence electrons. The average molecular weight is 479 g/mol. The van der Waals surface area contributed by atoms with Crippen molar-refractivity contribution in [1.29, 1.82) is 0 Å². The molecule has 5 rings (SSSR count). The number of ether oxygens (including phenoxy) is 2. The third-order valence-corrected chi connectivity index (χ3v) is 6.02. The summed E-state index contributed by atoms with van der Waals surface area (Å²) < 4.78 is 11.5. The summed E-state index contributed by atoms with van der Waals surface area (Å²) in [5.74, 6) is 0.439. The van der Waals surface area contributed by atoms with Crippen molar-refractivity contribution in [3.63, 3.8) is 0 Å². The Bertz CT molecular complexity index is 1070. The number of methoxy groups -OCH3 is 1. The van der Waals surface area contributed by atoms with E-state index in [9.17, 15) is 9.90 Å². The van der Waals surface area contributed by atoms with Gasteiger partial charge in [0.15, 0.2) is 0 Å². The molecule has 6 nitrogen and oxygen atoms in total. The van der Waals surface area contributed by atoms with Gasteiger partial charge >= 0.3 is 5.97 Å². The van der Waals surface area contributed by atoms with E-state index < -0.39 is 12.1 Å². The standard InChI is InChI=1S/C22H29NO5.C7H6/c1-23(2,13-12-17-8-10-20(27-3)11-9-17)15-19(24)16-28-21-7-5-4-6-18(21)14-22(25)26;1-2-6-4-7(3-1)5-6/h4-11,19,24H,12-16H2,1-3H3;1-4H,5H2/p+1. The van der Waals surface area contributed by atoms with Gasteiger partial charge in [0.2, 0.25) is 0 Å². The number of likely N-dealkylation sites (N-methyl/N-ethyl adjacent to an activating group) is 1. The molecule has 1 atom stereocenters. The highest BCUT2D eigenvalue weighted by atomic mass is 16.5. The van der Waals surface area contributed by atoms with Gasteiger partial charge in [0.1, 0.15) is 30.8 Å². The first-order valence-electron chi connectivity index (χ1n) is 11.9. The van der Waals surface area contributed by atoms with Crippen LogP contribution in [-0.2, 0) is 24.1 Å². The second-order valence-electron chi connectivity index (χ2n) is 9.58. The fourth-order valence-electron chi connectivity index (χ4n) is 4.03. The van der Waals surface area contributed by atoms with E-state index in [1.165, 1.54) is 23.1 Å². The Morgan fingerprint density at radius 3 is 2.20 bits per heavy atom. The second-order valence-corrected chi connectivity index (χ2v) is 9.58. The highest BCUT2D eigenvalue weighted by Gasteiger charge is 2.21. The molecule has 0 saturated heterocycles. The number of aliphatic hydroxyl groups excluding tert-OH is 1. The maximum absolute atomic E-state index is 11.0. The molecular formula is C29H36NO5+. The maximum Gasteiger partial charge on any atom is 0.307 e. The lowest BCUT2D eigenvalue weighted by Gasteiger charge is -2.32. The van der Waals surface area contributed by atoms with E-state index in [-0.39, 0.29) is 13.0 Å². The van der Waals surface area contributed by atoms with Crippen molar-refractivity contribution in [2.24, 2.45) is 0 Å². The average Bonchev–Trinajstić information content (AvgIpc) is 2.82. The number of para-hydroxylation sites is 1. The number of fused-ring (bicyclic) bond motifs is 2. The van der Waals surface area contributed by atoms with E-state index >= 15 is 0 Å². The molecule has 2 aliphatic carbocycles. The monoisotopic (exact) mass is 478 g/mol. The summed E-state index contributed by atoms with van der Waals surface area (Å²) in [4.78, 5) is 11.0. The Morgan fingerprint density at radius 2 is 1.66 bits per heavy atom. The van der Waals surface area contributed by atoms with Crippen LogP contribution in [0.1, 0.15) is 22.3 Å². The predicted molar refractivity (Wildman–Crippen MR) is 137 cm³/mol. The number of aliphatic hydroxyl groups is 1. The third-order valence-electron chi connectivity index (χ3n) is 6.02. The number of carboxylic acids is 1. The van der Waals surface area contributed by atoms with Gasteiger partial charge in [-0.15, -0.1) is 0 Å². The predicted octanol–water partition coefficient (Wildman–Crippen LogP) is 3.97. The number of quaternary nitrogens is 1. The summed E-state index contributed by atoms with van der Waals surface area (Å²) in [7, 11) is 5.80. The van der Waals surface area contributed by atoms with Crippen LogP contribution in [0, 0.1) is 0 Å². The van der Waals surface area contributed by atoms with Crippen molar-refractivity contribution in [2.45, 2.75) is 25.4 Å². The van der Waals surface area contributed by atoms with Crippen molar-refractivity contribution in [1.82, 2.24) is 0 Å². The quantitative estimate of drug-likeness (QED) is 0.319. The van der Waals surface area contributed by atoms with E-state index in [1.807, 2.05) is 12.1 Å². The number of nitrogens with zero attached hydrogens (tertiary/aromatic N) is 1. The molecule has 35 heavy (non-hydrogen) atoms. The molecule has 0 aliphatic heterocycles. The summed E-state index contributed by atoms with van der Waals surface area (Å²) in [6, 6.07) is 23.7. The van der Waals surface area contributed by atoms with E-state index in [2.05, 4.69) is 50.5 Å². The molecule has 2 aliphatic rings. The number of rotatable bonds is 11. The van der Waals surface area contributed by atoms with Crippen LogP contribution in [0.3, 0.4) is 0 Å². The fraction of sp³-hybridized carbons (Fsp3) is 0.345. The van der Waals surface area contributed by atoms with Crippen LogP contribution < -0.4 is 9.47 Å². The molecule has 6 heteroatoms. The SMILES string of the molecule is COc1ccc(CC[N+](C)(C)CC(O)COc2ccccc2CC(=O)O)cc1.c1cc2cc(c1)C2. The zero-order valence-corrected chi connectivity index (χ0v) is 20.8. The van der Waals surface area contributed by atoms with Gasteiger partial charge in [-0.1, -0.05) is 54.6 Å². The van der Waals surface area contributed by atoms with Crippen LogP contribution >= 0.6 is 0 Å². The van der Waals surface area contributed by atoms with Crippen LogP contribution in [-0.4, -0.2) is 67.7 Å². The highest BCUT2D eigenvalue weighted by Crippen LogP contribution is 2.20. The van der Waals surface area contributed by atoms with Gasteiger partial charge in [-0.3, -0.25) is 4.79 Å². The molecule has 0 aromatic heterocycles. The van der Waals surface area contributed by atoms with Crippen molar-refractivity contribution < 1.29 is 29.0 Å². The lowest BCUT2D eigenvalue weighted by Crippen LogP contribution is -2.48. The molecule has 0 fully saturated rings. The number of carbonyl (C=O) groups is 1. The van der Waals surface area contributed by atoms with E-state index in [4.69, 9.17) is 14.6 Å². The molecule has 0 heterocycles. The summed E-state index contributed by atoms with van der Waals surface area (Å²) in [5.41, 5.74) is 4.80. The summed E-state index contributed by atoms with van der Waals surface area (Å²) in [6.07, 6.45) is 1.36. The van der Waals surface area contributed by atoms with Gasteiger partial charge in [-0.2, -0.15) is 0 Å². The van der Waals surface area contributed by atoms with Gasteiger partial charge in [0.25, 0.3) is 0 Å². The van der Waals surface area contributed by atoms with Gasteiger partial charge in [-0.05, 0) is 41.3 Å². The fourth-order valence-corrected chi connectivity index (χ4v) is 4.03. The Labute approximate surface area is 208 Å². The molecule has 0 radical (unpaired) electrons. The smallest absolute Gasteiger partial charge is 0.307 e. The summed E-state index contributed by atoms with van der Waals surface area (Å²) in [5, 5.41) is 19.4. The van der Waals surface area contributed by atoms with Crippen LogP contribution in [0.25, 0.3) is 0 Å². The Morgan fingerprint density at radius 1 is 1.00 bits per heavy atom. The number of aliphatic carboxylic acids is 1. The van der Waals surface area contributed by atoms with Crippen molar-refractivity contribution in [2.75, 3.05) is 40.9 Å². The number of hydrogen-bond acceptors (Lipinski definition) is 4. The van der Waals surface area contributed by atoms with Crippen molar-refractivity contribution in [3.8, 4) is 11.5 Å². The lowest BCUT2D eigenvalue weighted by molar-refractivity contribution is -0.893. The van der Waals surface area contributed by atoms with E-state index in [1.54, 1.807) is 31.4 Å². The molecule has 0 spiro atoms. The minimum atomic E-state index is -0.909. The summed E-state index contributed by atoms with van der Waals surface area (Å²) in [6.45, 7) is 1.54. The topological polar surface area (TPSA) is 76.0 Å². The van der Waals surface area contributed by atoms with Gasteiger partial charge in [0, 0.05) is 12.0 Å². The zero-order chi connectivity index (χ0) is 25.3. The molecular weight excluding hydrogens is 442 g/mol. The van der Waals surface area contributed by atoms with Crippen LogP contribution in [0.15, 0.2) is 72.8 Å². The van der Waals surface area contributed by atoms with E-state index in [0.717, 1.165) is 18.7 Å². The first-order valence-corrected chi connectivity index (χ1v) is 11.9. The summed E-state index contributed by atoms with van der Waals surface area (Å²) >= 11 is 0. The number of hydrogen-bond donors (Lipinski definition) is 2. The largest absolute Gasteiger partial charge is 0.497 e. The van der Waals surface area contributed by atoms with Crippen LogP contribution in [0.5, 0.6) is 11.5 Å². The van der Waals surface area contributed by atoms with Crippen LogP contribution in [0.4, 0.5) is 0 Å². The van der Waals surface area contributed by atoms with Crippen molar-refractivity contribution >= 4 is 5.97 Å². The van der Waals surface area contributed by atoms with Gasteiger partial charge in [-0.25, -0.2) is 0 Å². The normalized spacial score (nSPS) is 12.6. The second kappa shape index (κ2) is 12.4. The van der Waals surface area contributed by atoms with Crippen molar-refractivity contribution in [3.05, 3.63) is 95.1 Å². The number of carboxylic acid groups (broad SMARTS) is 1. The minimum Gasteiger partial charge on any atom is -0.497 e.